The molecule has 1 aliphatic carbocycles. The molecular formula is C14H19Cl2N3. The van der Waals surface area contributed by atoms with E-state index in [1.807, 2.05) is 18.2 Å². The van der Waals surface area contributed by atoms with Crippen LogP contribution in [-0.4, -0.2) is 19.0 Å². The Balaban J connectivity index is 1.76. The van der Waals surface area contributed by atoms with Gasteiger partial charge in [0.25, 0.3) is 0 Å². The van der Waals surface area contributed by atoms with Crippen LogP contribution in [0.2, 0.25) is 10.0 Å². The summed E-state index contributed by atoms with van der Waals surface area (Å²) in [6.45, 7) is 1.52. The van der Waals surface area contributed by atoms with Gasteiger partial charge in [-0.3, -0.25) is 4.99 Å². The zero-order valence-corrected chi connectivity index (χ0v) is 12.3. The molecule has 2 rings (SSSR count). The van der Waals surface area contributed by atoms with Gasteiger partial charge in [0.2, 0.25) is 0 Å². The molecule has 0 bridgehead atoms. The molecule has 0 amide bonds. The van der Waals surface area contributed by atoms with E-state index in [0.717, 1.165) is 24.4 Å². The molecule has 0 spiro atoms. The van der Waals surface area contributed by atoms with E-state index >= 15 is 0 Å². The van der Waals surface area contributed by atoms with Crippen LogP contribution >= 0.6 is 23.2 Å². The molecule has 0 unspecified atom stereocenters. The molecule has 1 aliphatic rings. The van der Waals surface area contributed by atoms with Crippen LogP contribution in [-0.2, 0) is 6.42 Å². The maximum Gasteiger partial charge on any atom is 0.188 e. The van der Waals surface area contributed by atoms with Gasteiger partial charge >= 0.3 is 0 Å². The molecule has 5 heteroatoms. The largest absolute Gasteiger partial charge is 0.370 e. The van der Waals surface area contributed by atoms with Crippen molar-refractivity contribution in [3.05, 3.63) is 33.8 Å². The number of aliphatic imine (C=N–C) groups is 1. The summed E-state index contributed by atoms with van der Waals surface area (Å²) in [6, 6.07) is 5.53. The number of guanidine groups is 1. The molecule has 0 atom stereocenters. The van der Waals surface area contributed by atoms with Crippen molar-refractivity contribution in [3.63, 3.8) is 0 Å². The maximum absolute atomic E-state index is 6.10. The van der Waals surface area contributed by atoms with Crippen molar-refractivity contribution in [2.24, 2.45) is 16.6 Å². The first-order valence-corrected chi connectivity index (χ1v) is 7.39. The zero-order valence-electron chi connectivity index (χ0n) is 10.8. The number of hydrogen-bond acceptors (Lipinski definition) is 1. The van der Waals surface area contributed by atoms with Gasteiger partial charge < -0.3 is 11.1 Å². The predicted molar refractivity (Wildman–Crippen MR) is 82.0 cm³/mol. The van der Waals surface area contributed by atoms with Crippen LogP contribution in [0.15, 0.2) is 23.2 Å². The van der Waals surface area contributed by atoms with Crippen LogP contribution in [0.4, 0.5) is 0 Å². The standard InChI is InChI=1S/C14H19Cl2N3/c15-12-5-2-6-13(16)11(12)7-8-18-14(17)19-9-10-3-1-4-10/h2,5-6,10H,1,3-4,7-9H2,(H3,17,18,19). The van der Waals surface area contributed by atoms with E-state index in [0.29, 0.717) is 22.5 Å². The first-order valence-electron chi connectivity index (χ1n) is 6.63. The molecule has 1 aromatic carbocycles. The van der Waals surface area contributed by atoms with Crippen LogP contribution in [0.1, 0.15) is 24.8 Å². The lowest BCUT2D eigenvalue weighted by Gasteiger charge is -2.23. The SMILES string of the molecule is NC(=NCC1CCC1)NCCc1c(Cl)cccc1Cl. The minimum atomic E-state index is 0.509. The Morgan fingerprint density at radius 3 is 2.58 bits per heavy atom. The molecule has 3 N–H and O–H groups in total. The molecule has 0 radical (unpaired) electrons. The highest BCUT2D eigenvalue weighted by Gasteiger charge is 2.16. The Morgan fingerprint density at radius 2 is 2.00 bits per heavy atom. The maximum atomic E-state index is 6.10. The van der Waals surface area contributed by atoms with Gasteiger partial charge in [-0.1, -0.05) is 35.7 Å². The van der Waals surface area contributed by atoms with Crippen molar-refractivity contribution in [2.75, 3.05) is 13.1 Å². The van der Waals surface area contributed by atoms with Crippen molar-refractivity contribution in [2.45, 2.75) is 25.7 Å². The number of nitrogens with one attached hydrogen (secondary N) is 1. The third-order valence-electron chi connectivity index (χ3n) is 3.49. The van der Waals surface area contributed by atoms with Gasteiger partial charge in [0, 0.05) is 23.1 Å². The Hall–Kier alpha value is -0.930. The minimum absolute atomic E-state index is 0.509. The summed E-state index contributed by atoms with van der Waals surface area (Å²) in [5.74, 6) is 1.24. The lowest BCUT2D eigenvalue weighted by atomic mass is 9.86. The lowest BCUT2D eigenvalue weighted by molar-refractivity contribution is 0.326. The summed E-state index contributed by atoms with van der Waals surface area (Å²) >= 11 is 12.2. The Labute approximate surface area is 124 Å². The van der Waals surface area contributed by atoms with E-state index in [2.05, 4.69) is 10.3 Å². The molecule has 104 valence electrons. The third kappa shape index (κ3) is 4.29. The molecule has 0 aromatic heterocycles. The topological polar surface area (TPSA) is 50.4 Å². The summed E-state index contributed by atoms with van der Waals surface area (Å²) in [6.07, 6.45) is 4.63. The van der Waals surface area contributed by atoms with E-state index in [-0.39, 0.29) is 0 Å². The van der Waals surface area contributed by atoms with E-state index in [9.17, 15) is 0 Å². The molecule has 3 nitrogen and oxygen atoms in total. The monoisotopic (exact) mass is 299 g/mol. The summed E-state index contributed by atoms with van der Waals surface area (Å²) in [7, 11) is 0. The van der Waals surface area contributed by atoms with E-state index in [4.69, 9.17) is 28.9 Å². The van der Waals surface area contributed by atoms with Gasteiger partial charge in [0.1, 0.15) is 0 Å². The smallest absolute Gasteiger partial charge is 0.188 e. The number of nitrogens with zero attached hydrogens (tertiary/aromatic N) is 1. The lowest BCUT2D eigenvalue weighted by Crippen LogP contribution is -2.34. The highest BCUT2D eigenvalue weighted by Crippen LogP contribution is 2.26. The average Bonchev–Trinajstić information content (AvgIpc) is 2.31. The Bertz CT molecular complexity index is 436. The normalized spacial score (nSPS) is 16.2. The molecule has 1 fully saturated rings. The first-order chi connectivity index (χ1) is 9.16. The molecule has 1 saturated carbocycles. The van der Waals surface area contributed by atoms with Crippen molar-refractivity contribution < 1.29 is 0 Å². The van der Waals surface area contributed by atoms with Gasteiger partial charge in [-0.15, -0.1) is 0 Å². The fourth-order valence-electron chi connectivity index (χ4n) is 2.05. The highest BCUT2D eigenvalue weighted by molar-refractivity contribution is 6.35. The minimum Gasteiger partial charge on any atom is -0.370 e. The second-order valence-electron chi connectivity index (χ2n) is 4.90. The molecule has 0 aliphatic heterocycles. The van der Waals surface area contributed by atoms with E-state index in [1.165, 1.54) is 19.3 Å². The number of halogens is 2. The second-order valence-corrected chi connectivity index (χ2v) is 5.71. The summed E-state index contributed by atoms with van der Waals surface area (Å²) < 4.78 is 0. The van der Waals surface area contributed by atoms with Gasteiger partial charge in [-0.2, -0.15) is 0 Å². The third-order valence-corrected chi connectivity index (χ3v) is 4.20. The van der Waals surface area contributed by atoms with Crippen molar-refractivity contribution in [1.82, 2.24) is 5.32 Å². The molecule has 0 heterocycles. The Morgan fingerprint density at radius 1 is 1.32 bits per heavy atom. The zero-order chi connectivity index (χ0) is 13.7. The predicted octanol–water partition coefficient (Wildman–Crippen LogP) is 3.24. The molecular weight excluding hydrogens is 281 g/mol. The summed E-state index contributed by atoms with van der Waals surface area (Å²) in [4.78, 5) is 4.34. The molecule has 19 heavy (non-hydrogen) atoms. The fraction of sp³-hybridized carbons (Fsp3) is 0.500. The van der Waals surface area contributed by atoms with Crippen LogP contribution in [0.3, 0.4) is 0 Å². The van der Waals surface area contributed by atoms with Crippen molar-refractivity contribution >= 4 is 29.2 Å². The quantitative estimate of drug-likeness (QED) is 0.648. The van der Waals surface area contributed by atoms with Gasteiger partial charge in [-0.25, -0.2) is 0 Å². The number of hydrogen-bond donors (Lipinski definition) is 2. The molecule has 0 saturated heterocycles. The number of nitrogens with two attached hydrogens (primary N) is 1. The first kappa shape index (κ1) is 14.5. The van der Waals surface area contributed by atoms with E-state index < -0.39 is 0 Å². The van der Waals surface area contributed by atoms with Crippen molar-refractivity contribution in [3.8, 4) is 0 Å². The van der Waals surface area contributed by atoms with E-state index in [1.54, 1.807) is 0 Å². The summed E-state index contributed by atoms with van der Waals surface area (Å²) in [5.41, 5.74) is 6.76. The second kappa shape index (κ2) is 7.01. The Kier molecular flexibility index (Phi) is 5.34. The molecule has 1 aromatic rings. The van der Waals surface area contributed by atoms with Crippen LogP contribution in [0, 0.1) is 5.92 Å². The van der Waals surface area contributed by atoms with Crippen LogP contribution < -0.4 is 11.1 Å². The fourth-order valence-corrected chi connectivity index (χ4v) is 2.63. The van der Waals surface area contributed by atoms with Crippen molar-refractivity contribution in [1.29, 1.82) is 0 Å². The number of rotatable bonds is 5. The average molecular weight is 300 g/mol. The summed E-state index contributed by atoms with van der Waals surface area (Å²) in [5, 5.41) is 4.49. The van der Waals surface area contributed by atoms with Crippen LogP contribution in [0.5, 0.6) is 0 Å². The highest BCUT2D eigenvalue weighted by atomic mass is 35.5. The van der Waals surface area contributed by atoms with Crippen LogP contribution in [0.25, 0.3) is 0 Å². The van der Waals surface area contributed by atoms with Gasteiger partial charge in [0.15, 0.2) is 5.96 Å². The number of benzene rings is 1. The van der Waals surface area contributed by atoms with Gasteiger partial charge in [0.05, 0.1) is 0 Å². The van der Waals surface area contributed by atoms with Gasteiger partial charge in [-0.05, 0) is 42.9 Å².